The number of nitrogens with zero attached hydrogens (tertiary/aromatic N) is 3. The molecule has 0 aromatic heterocycles. The zero-order valence-electron chi connectivity index (χ0n) is 17.1. The number of carbonyl (C=O) groups excluding carboxylic acids is 1. The summed E-state index contributed by atoms with van der Waals surface area (Å²) in [7, 11) is 1.66. The number of hydrogen-bond acceptors (Lipinski definition) is 5. The van der Waals surface area contributed by atoms with Crippen molar-refractivity contribution in [1.82, 2.24) is 9.91 Å². The molecular formula is C23H24ClN3O3. The number of carbonyl (C=O) groups is 1. The second-order valence-corrected chi connectivity index (χ2v) is 8.51. The number of amides is 1. The van der Waals surface area contributed by atoms with Crippen molar-refractivity contribution in [3.05, 3.63) is 58.6 Å². The van der Waals surface area contributed by atoms with Crippen LogP contribution in [-0.2, 0) is 4.79 Å². The molecule has 1 atom stereocenters. The Hall–Kier alpha value is -2.73. The summed E-state index contributed by atoms with van der Waals surface area (Å²) in [5, 5.41) is 7.87. The van der Waals surface area contributed by atoms with Gasteiger partial charge in [-0.2, -0.15) is 5.10 Å². The summed E-state index contributed by atoms with van der Waals surface area (Å²) in [6.45, 7) is 2.94. The Labute approximate surface area is 181 Å². The van der Waals surface area contributed by atoms with Crippen LogP contribution >= 0.6 is 11.6 Å². The quantitative estimate of drug-likeness (QED) is 0.722. The number of methoxy groups -OCH3 is 1. The van der Waals surface area contributed by atoms with Crippen LogP contribution in [0, 0.1) is 0 Å². The van der Waals surface area contributed by atoms with Crippen LogP contribution in [0.25, 0.3) is 0 Å². The fraction of sp³-hybridized carbons (Fsp3) is 0.391. The maximum atomic E-state index is 11.8. The van der Waals surface area contributed by atoms with E-state index < -0.39 is 5.72 Å². The third-order valence-electron chi connectivity index (χ3n) is 6.37. The van der Waals surface area contributed by atoms with Crippen LogP contribution in [0.1, 0.15) is 43.4 Å². The van der Waals surface area contributed by atoms with Crippen LogP contribution in [0.15, 0.2) is 47.6 Å². The average molecular weight is 426 g/mol. The molecule has 1 unspecified atom stereocenters. The minimum Gasteiger partial charge on any atom is -0.497 e. The third kappa shape index (κ3) is 3.10. The summed E-state index contributed by atoms with van der Waals surface area (Å²) in [4.78, 5) is 13.7. The lowest BCUT2D eigenvalue weighted by molar-refractivity contribution is -0.158. The van der Waals surface area contributed by atoms with Crippen molar-refractivity contribution in [3.8, 4) is 11.5 Å². The average Bonchev–Trinajstić information content (AvgIpc) is 3.22. The molecule has 1 amide bonds. The smallest absolute Gasteiger partial charge is 0.219 e. The number of fused-ring (bicyclic) bond motifs is 4. The van der Waals surface area contributed by atoms with Gasteiger partial charge in [-0.15, -0.1) is 0 Å². The number of hydrazone groups is 1. The van der Waals surface area contributed by atoms with Gasteiger partial charge >= 0.3 is 0 Å². The van der Waals surface area contributed by atoms with E-state index in [-0.39, 0.29) is 11.9 Å². The fourth-order valence-electron chi connectivity index (χ4n) is 4.71. The maximum absolute atomic E-state index is 11.8. The number of rotatable bonds is 2. The summed E-state index contributed by atoms with van der Waals surface area (Å²) in [6, 6.07) is 13.9. The van der Waals surface area contributed by atoms with Crippen LogP contribution in [0.4, 0.5) is 0 Å². The molecule has 0 radical (unpaired) electrons. The van der Waals surface area contributed by atoms with Crippen molar-refractivity contribution in [2.45, 2.75) is 38.0 Å². The lowest BCUT2D eigenvalue weighted by Gasteiger charge is -2.51. The van der Waals surface area contributed by atoms with Gasteiger partial charge in [0.1, 0.15) is 11.5 Å². The molecular weight excluding hydrogens is 402 g/mol. The third-order valence-corrected chi connectivity index (χ3v) is 6.61. The molecule has 3 heterocycles. The molecule has 0 aliphatic carbocycles. The summed E-state index contributed by atoms with van der Waals surface area (Å²) in [5.74, 6) is 1.79. The second kappa shape index (κ2) is 7.20. The van der Waals surface area contributed by atoms with E-state index >= 15 is 0 Å². The molecule has 0 bridgehead atoms. The Morgan fingerprint density at radius 2 is 1.93 bits per heavy atom. The number of halogens is 1. The van der Waals surface area contributed by atoms with Crippen LogP contribution in [0.3, 0.4) is 0 Å². The number of ether oxygens (including phenoxy) is 2. The molecule has 1 saturated heterocycles. The lowest BCUT2D eigenvalue weighted by atomic mass is 9.90. The highest BCUT2D eigenvalue weighted by Crippen LogP contribution is 2.50. The Balaban J connectivity index is 1.53. The molecule has 3 aliphatic heterocycles. The first-order valence-corrected chi connectivity index (χ1v) is 10.6. The van der Waals surface area contributed by atoms with E-state index in [0.717, 1.165) is 34.8 Å². The van der Waals surface area contributed by atoms with Crippen molar-refractivity contribution in [3.63, 3.8) is 0 Å². The molecule has 7 heteroatoms. The molecule has 1 fully saturated rings. The SMILES string of the molecule is COc1ccc(C2=NN3C(C2)c2cc(Cl)ccc2OC32CCN(C(C)=O)CC2)cc1. The maximum Gasteiger partial charge on any atom is 0.219 e. The van der Waals surface area contributed by atoms with Crippen molar-refractivity contribution < 1.29 is 14.3 Å². The molecule has 1 spiro atoms. The first-order valence-electron chi connectivity index (χ1n) is 10.2. The van der Waals surface area contributed by atoms with Crippen LogP contribution < -0.4 is 9.47 Å². The van der Waals surface area contributed by atoms with Crippen LogP contribution in [-0.4, -0.2) is 47.5 Å². The predicted molar refractivity (Wildman–Crippen MR) is 115 cm³/mol. The van der Waals surface area contributed by atoms with Gasteiger partial charge in [0.05, 0.1) is 18.9 Å². The Morgan fingerprint density at radius 1 is 1.20 bits per heavy atom. The minimum atomic E-state index is -0.550. The second-order valence-electron chi connectivity index (χ2n) is 8.08. The highest BCUT2D eigenvalue weighted by Gasteiger charge is 2.52. The summed E-state index contributed by atoms with van der Waals surface area (Å²) >= 11 is 6.32. The van der Waals surface area contributed by atoms with Gasteiger partial charge in [-0.3, -0.25) is 4.79 Å². The van der Waals surface area contributed by atoms with Gasteiger partial charge in [0.15, 0.2) is 0 Å². The molecule has 2 aromatic rings. The van der Waals surface area contributed by atoms with Crippen molar-refractivity contribution in [2.24, 2.45) is 5.10 Å². The Bertz CT molecular complexity index is 1010. The first-order chi connectivity index (χ1) is 14.5. The summed E-state index contributed by atoms with van der Waals surface area (Å²) in [6.07, 6.45) is 2.20. The van der Waals surface area contributed by atoms with Gasteiger partial charge in [0.2, 0.25) is 11.6 Å². The fourth-order valence-corrected chi connectivity index (χ4v) is 4.89. The van der Waals surface area contributed by atoms with Gasteiger partial charge in [0, 0.05) is 49.9 Å². The largest absolute Gasteiger partial charge is 0.497 e. The molecule has 3 aliphatic rings. The number of likely N-dealkylation sites (tertiary alicyclic amines) is 1. The van der Waals surface area contributed by atoms with Gasteiger partial charge in [-0.05, 0) is 48.0 Å². The van der Waals surface area contributed by atoms with Crippen molar-refractivity contribution in [2.75, 3.05) is 20.2 Å². The predicted octanol–water partition coefficient (Wildman–Crippen LogP) is 4.23. The highest BCUT2D eigenvalue weighted by atomic mass is 35.5. The normalized spacial score (nSPS) is 21.6. The van der Waals surface area contributed by atoms with Crippen LogP contribution in [0.2, 0.25) is 5.02 Å². The summed E-state index contributed by atoms with van der Waals surface area (Å²) < 4.78 is 11.9. The van der Waals surface area contributed by atoms with Gasteiger partial charge in [0.25, 0.3) is 0 Å². The topological polar surface area (TPSA) is 54.4 Å². The van der Waals surface area contributed by atoms with Gasteiger partial charge in [-0.1, -0.05) is 11.6 Å². The first kappa shape index (κ1) is 19.2. The number of hydrogen-bond donors (Lipinski definition) is 0. The van der Waals surface area contributed by atoms with Gasteiger partial charge in [-0.25, -0.2) is 5.01 Å². The minimum absolute atomic E-state index is 0.0634. The van der Waals surface area contributed by atoms with E-state index in [1.807, 2.05) is 47.4 Å². The van der Waals surface area contributed by atoms with Crippen LogP contribution in [0.5, 0.6) is 11.5 Å². The van der Waals surface area contributed by atoms with E-state index in [2.05, 4.69) is 5.01 Å². The van der Waals surface area contributed by atoms with E-state index in [9.17, 15) is 4.79 Å². The highest BCUT2D eigenvalue weighted by molar-refractivity contribution is 6.30. The zero-order valence-corrected chi connectivity index (χ0v) is 17.9. The van der Waals surface area contributed by atoms with Crippen molar-refractivity contribution >= 4 is 23.2 Å². The van der Waals surface area contributed by atoms with E-state index in [1.165, 1.54) is 0 Å². The monoisotopic (exact) mass is 425 g/mol. The van der Waals surface area contributed by atoms with Gasteiger partial charge < -0.3 is 14.4 Å². The van der Waals surface area contributed by atoms with E-state index in [0.29, 0.717) is 31.0 Å². The lowest BCUT2D eigenvalue weighted by Crippen LogP contribution is -2.59. The molecule has 156 valence electrons. The zero-order chi connectivity index (χ0) is 20.9. The molecule has 5 rings (SSSR count). The number of benzene rings is 2. The Kier molecular flexibility index (Phi) is 4.62. The number of piperidine rings is 1. The molecule has 6 nitrogen and oxygen atoms in total. The molecule has 0 N–H and O–H groups in total. The van der Waals surface area contributed by atoms with Crippen molar-refractivity contribution in [1.29, 1.82) is 0 Å². The van der Waals surface area contributed by atoms with E-state index in [1.54, 1.807) is 14.0 Å². The standard InChI is InChI=1S/C23H24ClN3O3/c1-15(28)26-11-9-23(10-12-26)27-21(19-13-17(24)5-8-22(19)30-23)14-20(25-27)16-3-6-18(29-2)7-4-16/h3-8,13,21H,9-12,14H2,1-2H3. The van der Waals surface area contributed by atoms with E-state index in [4.69, 9.17) is 26.2 Å². The molecule has 0 saturated carbocycles. The molecule has 30 heavy (non-hydrogen) atoms. The Morgan fingerprint density at radius 3 is 2.60 bits per heavy atom. The summed E-state index contributed by atoms with van der Waals surface area (Å²) in [5.41, 5.74) is 2.61. The molecule has 2 aromatic carbocycles.